The largest absolute Gasteiger partial charge is 0.391 e. The molecule has 2 aliphatic heterocycles. The molecule has 6 atom stereocenters. The third-order valence-electron chi connectivity index (χ3n) is 6.85. The Kier molecular flexibility index (Phi) is 3.30. The zero-order valence-corrected chi connectivity index (χ0v) is 15.6. The summed E-state index contributed by atoms with van der Waals surface area (Å²) in [5.41, 5.74) is 2.33. The molecule has 6 heteroatoms. The molecule has 2 saturated carbocycles. The van der Waals surface area contributed by atoms with Gasteiger partial charge in [0.2, 0.25) is 11.8 Å². The molecule has 1 saturated heterocycles. The van der Waals surface area contributed by atoms with Crippen LogP contribution in [-0.2, 0) is 14.4 Å². The fourth-order valence-electron chi connectivity index (χ4n) is 5.85. The van der Waals surface area contributed by atoms with Gasteiger partial charge in [-0.2, -0.15) is 0 Å². The standard InChI is InChI=1S/C22H17ClN2O3/c23-15-9-5-4-8-12(15)19-18-13-10-14(20(18)28-24-19)17-16(13)21(26)25(22(17)27)11-6-2-1-3-7-11/h1-9,13-14,16-18,20H,10H2/t13-,14-,16-,17-,18-,20+/m1/s1. The predicted octanol–water partition coefficient (Wildman–Crippen LogP) is 3.51. The molecule has 2 bridgehead atoms. The van der Waals surface area contributed by atoms with Crippen LogP contribution in [0.5, 0.6) is 0 Å². The smallest absolute Gasteiger partial charge is 0.238 e. The van der Waals surface area contributed by atoms with Crippen LogP contribution in [0.25, 0.3) is 0 Å². The first kappa shape index (κ1) is 16.3. The van der Waals surface area contributed by atoms with Crippen molar-refractivity contribution in [1.82, 2.24) is 0 Å². The summed E-state index contributed by atoms with van der Waals surface area (Å²) in [4.78, 5) is 33.6. The van der Waals surface area contributed by atoms with Crippen molar-refractivity contribution in [1.29, 1.82) is 0 Å². The van der Waals surface area contributed by atoms with Gasteiger partial charge in [-0.15, -0.1) is 0 Å². The van der Waals surface area contributed by atoms with Crippen LogP contribution in [0.2, 0.25) is 5.02 Å². The molecule has 0 unspecified atom stereocenters. The molecule has 0 spiro atoms. The Hall–Kier alpha value is -2.66. The van der Waals surface area contributed by atoms with E-state index in [2.05, 4.69) is 5.16 Å². The Bertz CT molecular complexity index is 1040. The average Bonchev–Trinajstić information content (AvgIpc) is 3.43. The summed E-state index contributed by atoms with van der Waals surface area (Å²) >= 11 is 6.40. The highest BCUT2D eigenvalue weighted by Crippen LogP contribution is 2.62. The molecule has 2 amide bonds. The molecule has 28 heavy (non-hydrogen) atoms. The lowest BCUT2D eigenvalue weighted by Gasteiger charge is -2.30. The molecular formula is C22H17ClN2O3. The minimum atomic E-state index is -0.306. The van der Waals surface area contributed by atoms with Gasteiger partial charge < -0.3 is 4.84 Å². The minimum absolute atomic E-state index is 0.0126. The van der Waals surface area contributed by atoms with Crippen molar-refractivity contribution in [2.24, 2.45) is 34.7 Å². The van der Waals surface area contributed by atoms with E-state index >= 15 is 0 Å². The molecule has 5 nitrogen and oxygen atoms in total. The summed E-state index contributed by atoms with van der Waals surface area (Å²) in [6.07, 6.45) is 0.679. The lowest BCUT2D eigenvalue weighted by molar-refractivity contribution is -0.125. The summed E-state index contributed by atoms with van der Waals surface area (Å²) in [6.45, 7) is 0. The maximum atomic E-state index is 13.3. The zero-order valence-electron chi connectivity index (χ0n) is 14.9. The first-order valence-electron chi connectivity index (χ1n) is 9.58. The summed E-state index contributed by atoms with van der Waals surface area (Å²) in [6, 6.07) is 16.8. The van der Waals surface area contributed by atoms with Crippen LogP contribution < -0.4 is 4.90 Å². The SMILES string of the molecule is O=C1[C@@H]2[C@H]3C[C@@H]([C@@H]4ON=C(c5ccccc5Cl)[C@@H]34)[C@H]2C(=O)N1c1ccccc1. The van der Waals surface area contributed by atoms with Gasteiger partial charge in [-0.1, -0.05) is 53.2 Å². The van der Waals surface area contributed by atoms with Gasteiger partial charge in [0, 0.05) is 22.4 Å². The van der Waals surface area contributed by atoms with Crippen molar-refractivity contribution in [3.8, 4) is 0 Å². The van der Waals surface area contributed by atoms with E-state index in [-0.39, 0.29) is 47.5 Å². The average molecular weight is 393 g/mol. The van der Waals surface area contributed by atoms with E-state index in [0.29, 0.717) is 10.7 Å². The molecule has 0 radical (unpaired) electrons. The zero-order chi connectivity index (χ0) is 19.0. The van der Waals surface area contributed by atoms with Crippen LogP contribution in [0.1, 0.15) is 12.0 Å². The van der Waals surface area contributed by atoms with E-state index in [1.807, 2.05) is 54.6 Å². The van der Waals surface area contributed by atoms with Gasteiger partial charge in [-0.05, 0) is 30.5 Å². The number of hydrogen-bond acceptors (Lipinski definition) is 4. The lowest BCUT2D eigenvalue weighted by atomic mass is 9.71. The van der Waals surface area contributed by atoms with Crippen LogP contribution in [-0.4, -0.2) is 23.6 Å². The first-order valence-corrected chi connectivity index (χ1v) is 9.96. The fourth-order valence-corrected chi connectivity index (χ4v) is 6.08. The Morgan fingerprint density at radius 3 is 2.32 bits per heavy atom. The van der Waals surface area contributed by atoms with E-state index in [1.165, 1.54) is 4.90 Å². The Labute approximate surface area is 166 Å². The van der Waals surface area contributed by atoms with E-state index < -0.39 is 0 Å². The molecular weight excluding hydrogens is 376 g/mol. The van der Waals surface area contributed by atoms with Gasteiger partial charge >= 0.3 is 0 Å². The van der Waals surface area contributed by atoms with Gasteiger partial charge in [-0.3, -0.25) is 14.5 Å². The number of nitrogens with zero attached hydrogens (tertiary/aromatic N) is 2. The third-order valence-corrected chi connectivity index (χ3v) is 7.18. The third kappa shape index (κ3) is 1.95. The molecule has 4 aliphatic rings. The number of para-hydroxylation sites is 1. The number of carbonyl (C=O) groups is 2. The number of anilines is 1. The molecule has 140 valence electrons. The van der Waals surface area contributed by atoms with Gasteiger partial charge in [0.15, 0.2) is 0 Å². The number of halogens is 1. The second-order valence-electron chi connectivity index (χ2n) is 8.01. The summed E-state index contributed by atoms with van der Waals surface area (Å²) in [7, 11) is 0. The monoisotopic (exact) mass is 392 g/mol. The number of fused-ring (bicyclic) bond motifs is 8. The number of imide groups is 1. The summed E-state index contributed by atoms with van der Waals surface area (Å²) in [5.74, 6) is -0.692. The first-order chi connectivity index (χ1) is 13.7. The van der Waals surface area contributed by atoms with E-state index in [9.17, 15) is 9.59 Å². The van der Waals surface area contributed by atoms with Gasteiger partial charge in [-0.25, -0.2) is 0 Å². The Balaban J connectivity index is 1.38. The predicted molar refractivity (Wildman–Crippen MR) is 104 cm³/mol. The van der Waals surface area contributed by atoms with E-state index in [0.717, 1.165) is 17.7 Å². The van der Waals surface area contributed by atoms with Crippen LogP contribution in [0.3, 0.4) is 0 Å². The maximum absolute atomic E-state index is 13.3. The number of amides is 2. The van der Waals surface area contributed by atoms with Crippen molar-refractivity contribution < 1.29 is 14.4 Å². The fraction of sp³-hybridized carbons (Fsp3) is 0.318. The highest BCUT2D eigenvalue weighted by Gasteiger charge is 2.70. The van der Waals surface area contributed by atoms with Crippen LogP contribution >= 0.6 is 11.6 Å². The Morgan fingerprint density at radius 2 is 1.57 bits per heavy atom. The van der Waals surface area contributed by atoms with Crippen LogP contribution in [0, 0.1) is 29.6 Å². The second-order valence-corrected chi connectivity index (χ2v) is 8.42. The molecule has 3 fully saturated rings. The van der Waals surface area contributed by atoms with Crippen molar-refractivity contribution in [3.05, 3.63) is 65.2 Å². The maximum Gasteiger partial charge on any atom is 0.238 e. The van der Waals surface area contributed by atoms with Crippen molar-refractivity contribution in [3.63, 3.8) is 0 Å². The molecule has 2 aliphatic carbocycles. The molecule has 2 aromatic rings. The van der Waals surface area contributed by atoms with Crippen molar-refractivity contribution >= 4 is 34.8 Å². The van der Waals surface area contributed by atoms with Crippen molar-refractivity contribution in [2.45, 2.75) is 12.5 Å². The molecule has 0 aromatic heterocycles. The van der Waals surface area contributed by atoms with E-state index in [1.54, 1.807) is 0 Å². The van der Waals surface area contributed by atoms with Crippen LogP contribution in [0.15, 0.2) is 59.8 Å². The summed E-state index contributed by atoms with van der Waals surface area (Å²) in [5, 5.41) is 4.97. The van der Waals surface area contributed by atoms with Gasteiger partial charge in [0.25, 0.3) is 0 Å². The summed E-state index contributed by atoms with van der Waals surface area (Å²) < 4.78 is 0. The quantitative estimate of drug-likeness (QED) is 0.735. The molecule has 2 heterocycles. The number of carbonyl (C=O) groups excluding carboxylic acids is 2. The lowest BCUT2D eigenvalue weighted by Crippen LogP contribution is -2.41. The van der Waals surface area contributed by atoms with Crippen molar-refractivity contribution in [2.75, 3.05) is 4.90 Å². The van der Waals surface area contributed by atoms with Crippen LogP contribution in [0.4, 0.5) is 5.69 Å². The molecule has 2 aromatic carbocycles. The number of benzene rings is 2. The second kappa shape index (κ2) is 5.67. The normalized spacial score (nSPS) is 35.0. The molecule has 0 N–H and O–H groups in total. The van der Waals surface area contributed by atoms with Gasteiger partial charge in [0.05, 0.1) is 23.2 Å². The number of hydrogen-bond donors (Lipinski definition) is 0. The van der Waals surface area contributed by atoms with E-state index in [4.69, 9.17) is 16.4 Å². The highest BCUT2D eigenvalue weighted by atomic mass is 35.5. The highest BCUT2D eigenvalue weighted by molar-refractivity contribution is 6.34. The van der Waals surface area contributed by atoms with Gasteiger partial charge in [0.1, 0.15) is 6.10 Å². The Morgan fingerprint density at radius 1 is 0.893 bits per heavy atom. The number of oxime groups is 1. The molecule has 6 rings (SSSR count). The topological polar surface area (TPSA) is 59.0 Å². The number of rotatable bonds is 2. The minimum Gasteiger partial charge on any atom is -0.391 e.